The van der Waals surface area contributed by atoms with Crippen LogP contribution >= 0.6 is 51.2 Å². The Morgan fingerprint density at radius 3 is 2.48 bits per heavy atom. The zero-order valence-corrected chi connectivity index (χ0v) is 19.4. The Bertz CT molecular complexity index is 656. The number of guanidine groups is 1. The zero-order valence-electron chi connectivity index (χ0n) is 14.6. The predicted molar refractivity (Wildman–Crippen MR) is 120 cm³/mol. The van der Waals surface area contributed by atoms with Crippen molar-refractivity contribution < 1.29 is 4.74 Å². The lowest BCUT2D eigenvalue weighted by atomic mass is 10.3. The number of hydrogen-bond donors (Lipinski definition) is 2. The number of nitrogens with zero attached hydrogens (tertiary/aromatic N) is 2. The fourth-order valence-electron chi connectivity index (χ4n) is 2.02. The first kappa shape index (κ1) is 22.2. The Kier molecular flexibility index (Phi) is 10.4. The molecule has 1 aromatic heterocycles. The van der Waals surface area contributed by atoms with Crippen molar-refractivity contribution in [2.75, 3.05) is 26.7 Å². The van der Waals surface area contributed by atoms with Crippen LogP contribution in [0.3, 0.4) is 0 Å². The number of aryl methyl sites for hydroxylation is 2. The summed E-state index contributed by atoms with van der Waals surface area (Å²) in [6.07, 6.45) is 0.898. The van der Waals surface area contributed by atoms with E-state index in [4.69, 9.17) is 4.74 Å². The summed E-state index contributed by atoms with van der Waals surface area (Å²) in [5.74, 6) is 1.64. The van der Waals surface area contributed by atoms with Gasteiger partial charge in [0.1, 0.15) is 12.4 Å². The average molecular weight is 539 g/mol. The average Bonchev–Trinajstić information content (AvgIpc) is 2.89. The van der Waals surface area contributed by atoms with Crippen molar-refractivity contribution in [1.29, 1.82) is 0 Å². The number of aromatic nitrogens is 1. The monoisotopic (exact) mass is 538 g/mol. The third kappa shape index (κ3) is 7.91. The molecule has 0 unspecified atom stereocenters. The Morgan fingerprint density at radius 2 is 1.88 bits per heavy atom. The van der Waals surface area contributed by atoms with Crippen molar-refractivity contribution in [2.45, 2.75) is 20.3 Å². The van der Waals surface area contributed by atoms with Gasteiger partial charge in [-0.3, -0.25) is 4.99 Å². The van der Waals surface area contributed by atoms with E-state index in [0.29, 0.717) is 13.2 Å². The highest BCUT2D eigenvalue weighted by Gasteiger charge is 2.04. The molecule has 0 aliphatic heterocycles. The lowest BCUT2D eigenvalue weighted by Gasteiger charge is -2.12. The first-order valence-corrected chi connectivity index (χ1v) is 9.45. The molecule has 0 fully saturated rings. The maximum atomic E-state index is 5.67. The quantitative estimate of drug-likeness (QED) is 0.243. The van der Waals surface area contributed by atoms with Crippen LogP contribution in [-0.4, -0.2) is 37.7 Å². The van der Waals surface area contributed by atoms with Crippen LogP contribution in [0.1, 0.15) is 15.6 Å². The van der Waals surface area contributed by atoms with Gasteiger partial charge in [-0.15, -0.1) is 35.3 Å². The summed E-state index contributed by atoms with van der Waals surface area (Å²) >= 11 is 5.17. The van der Waals surface area contributed by atoms with E-state index in [2.05, 4.69) is 50.4 Å². The van der Waals surface area contributed by atoms with Crippen LogP contribution in [0.2, 0.25) is 0 Å². The van der Waals surface area contributed by atoms with Crippen molar-refractivity contribution in [3.8, 4) is 5.75 Å². The molecule has 25 heavy (non-hydrogen) atoms. The molecule has 0 saturated carbocycles. The SMILES string of the molecule is CN=C(NCCOc1ccc(Br)cc1)NCCc1nc(C)c(C)s1.I. The van der Waals surface area contributed by atoms with E-state index < -0.39 is 0 Å². The van der Waals surface area contributed by atoms with Crippen molar-refractivity contribution in [2.24, 2.45) is 4.99 Å². The minimum absolute atomic E-state index is 0. The molecule has 138 valence electrons. The molecule has 5 nitrogen and oxygen atoms in total. The number of benzene rings is 1. The van der Waals surface area contributed by atoms with Crippen LogP contribution in [0.25, 0.3) is 0 Å². The van der Waals surface area contributed by atoms with E-state index in [1.165, 1.54) is 4.88 Å². The molecule has 0 aliphatic rings. The highest BCUT2D eigenvalue weighted by atomic mass is 127. The van der Waals surface area contributed by atoms with Crippen molar-refractivity contribution in [1.82, 2.24) is 15.6 Å². The summed E-state index contributed by atoms with van der Waals surface area (Å²) in [4.78, 5) is 10.0. The van der Waals surface area contributed by atoms with E-state index in [9.17, 15) is 0 Å². The molecule has 0 amide bonds. The molecule has 2 N–H and O–H groups in total. The van der Waals surface area contributed by atoms with Gasteiger partial charge in [-0.25, -0.2) is 4.98 Å². The molecule has 0 atom stereocenters. The molecule has 1 heterocycles. The summed E-state index contributed by atoms with van der Waals surface area (Å²) in [6, 6.07) is 7.81. The van der Waals surface area contributed by atoms with Gasteiger partial charge in [0.2, 0.25) is 0 Å². The Morgan fingerprint density at radius 1 is 1.20 bits per heavy atom. The van der Waals surface area contributed by atoms with Crippen LogP contribution in [0.4, 0.5) is 0 Å². The minimum atomic E-state index is 0. The van der Waals surface area contributed by atoms with E-state index in [1.807, 2.05) is 24.3 Å². The van der Waals surface area contributed by atoms with Crippen molar-refractivity contribution >= 4 is 57.2 Å². The van der Waals surface area contributed by atoms with Gasteiger partial charge in [0, 0.05) is 29.4 Å². The number of ether oxygens (including phenoxy) is 1. The Balaban J connectivity index is 0.00000312. The van der Waals surface area contributed by atoms with Gasteiger partial charge in [-0.2, -0.15) is 0 Å². The second-order valence-corrected chi connectivity index (χ2v) is 7.43. The van der Waals surface area contributed by atoms with Gasteiger partial charge in [-0.05, 0) is 38.1 Å². The molecular formula is C17H24BrIN4OS. The molecule has 2 aromatic rings. The van der Waals surface area contributed by atoms with Crippen LogP contribution in [0.15, 0.2) is 33.7 Å². The molecule has 8 heteroatoms. The number of aliphatic imine (C=N–C) groups is 1. The minimum Gasteiger partial charge on any atom is -0.492 e. The molecule has 0 radical (unpaired) electrons. The molecule has 2 rings (SSSR count). The molecule has 0 aliphatic carbocycles. The van der Waals surface area contributed by atoms with Gasteiger partial charge >= 0.3 is 0 Å². The predicted octanol–water partition coefficient (Wildman–Crippen LogP) is 3.93. The first-order chi connectivity index (χ1) is 11.6. The topological polar surface area (TPSA) is 58.5 Å². The highest BCUT2D eigenvalue weighted by Crippen LogP contribution is 2.16. The van der Waals surface area contributed by atoms with E-state index in [0.717, 1.165) is 39.8 Å². The number of nitrogens with one attached hydrogen (secondary N) is 2. The van der Waals surface area contributed by atoms with Gasteiger partial charge < -0.3 is 15.4 Å². The maximum Gasteiger partial charge on any atom is 0.191 e. The van der Waals surface area contributed by atoms with Crippen LogP contribution in [0, 0.1) is 13.8 Å². The van der Waals surface area contributed by atoms with E-state index in [-0.39, 0.29) is 24.0 Å². The van der Waals surface area contributed by atoms with Crippen LogP contribution < -0.4 is 15.4 Å². The summed E-state index contributed by atoms with van der Waals surface area (Å²) in [5.41, 5.74) is 1.13. The summed E-state index contributed by atoms with van der Waals surface area (Å²) < 4.78 is 6.72. The third-order valence-electron chi connectivity index (χ3n) is 3.40. The molecule has 1 aromatic carbocycles. The van der Waals surface area contributed by atoms with Crippen molar-refractivity contribution in [3.63, 3.8) is 0 Å². The first-order valence-electron chi connectivity index (χ1n) is 7.84. The summed E-state index contributed by atoms with van der Waals surface area (Å²) in [6.45, 7) is 6.22. The van der Waals surface area contributed by atoms with Gasteiger partial charge in [-0.1, -0.05) is 15.9 Å². The van der Waals surface area contributed by atoms with E-state index in [1.54, 1.807) is 18.4 Å². The molecular weight excluding hydrogens is 515 g/mol. The smallest absolute Gasteiger partial charge is 0.191 e. The normalized spacial score (nSPS) is 11.0. The number of thiazole rings is 1. The molecule has 0 saturated heterocycles. The van der Waals surface area contributed by atoms with Gasteiger partial charge in [0.05, 0.1) is 17.2 Å². The zero-order chi connectivity index (χ0) is 17.4. The summed E-state index contributed by atoms with van der Waals surface area (Å²) in [5, 5.41) is 7.70. The van der Waals surface area contributed by atoms with Gasteiger partial charge in [0.15, 0.2) is 5.96 Å². The Labute approximate surface area is 178 Å². The second kappa shape index (κ2) is 11.7. The number of halogens is 2. The fraction of sp³-hybridized carbons (Fsp3) is 0.412. The van der Waals surface area contributed by atoms with E-state index >= 15 is 0 Å². The van der Waals surface area contributed by atoms with Crippen LogP contribution in [-0.2, 0) is 6.42 Å². The second-order valence-electron chi connectivity index (χ2n) is 5.23. The van der Waals surface area contributed by atoms with Gasteiger partial charge in [0.25, 0.3) is 0 Å². The largest absolute Gasteiger partial charge is 0.492 e. The molecule has 0 bridgehead atoms. The lowest BCUT2D eigenvalue weighted by Crippen LogP contribution is -2.40. The lowest BCUT2D eigenvalue weighted by molar-refractivity contribution is 0.322. The summed E-state index contributed by atoms with van der Waals surface area (Å²) in [7, 11) is 1.77. The number of hydrogen-bond acceptors (Lipinski definition) is 4. The van der Waals surface area contributed by atoms with Crippen LogP contribution in [0.5, 0.6) is 5.75 Å². The Hall–Kier alpha value is -0.870. The molecule has 0 spiro atoms. The van der Waals surface area contributed by atoms with Crippen molar-refractivity contribution in [3.05, 3.63) is 44.3 Å². The maximum absolute atomic E-state index is 5.67. The highest BCUT2D eigenvalue weighted by molar-refractivity contribution is 14.0. The third-order valence-corrected chi connectivity index (χ3v) is 5.07. The number of rotatable bonds is 7. The standard InChI is InChI=1S/C17H23BrN4OS.HI/c1-12-13(2)24-16(22-12)8-9-20-17(19-3)21-10-11-23-15-6-4-14(18)5-7-15;/h4-7H,8-11H2,1-3H3,(H2,19,20,21);1H. The fourth-order valence-corrected chi connectivity index (χ4v) is 3.22.